The van der Waals surface area contributed by atoms with Gasteiger partial charge >= 0.3 is 24.1 Å². The number of carbonyl (C=O) groups is 3. The Morgan fingerprint density at radius 3 is 2.42 bits per heavy atom. The van der Waals surface area contributed by atoms with E-state index in [1.807, 2.05) is 0 Å². The lowest BCUT2D eigenvalue weighted by Gasteiger charge is -2.61. The highest BCUT2D eigenvalue weighted by atomic mass is 19.4. The number of esters is 3. The molecule has 0 radical (unpaired) electrons. The Balaban J connectivity index is 1.33. The number of allylic oxidation sites excluding steroid dienone is 1. The number of hydrogen-bond donors (Lipinski definition) is 0. The summed E-state index contributed by atoms with van der Waals surface area (Å²) < 4.78 is 60.3. The third kappa shape index (κ3) is 5.72. The van der Waals surface area contributed by atoms with Crippen LogP contribution in [0.1, 0.15) is 92.9 Å². The molecule has 0 aromatic heterocycles. The van der Waals surface area contributed by atoms with Gasteiger partial charge in [-0.1, -0.05) is 26.3 Å². The number of hydrogen-bond acceptors (Lipinski definition) is 7. The monoisotopic (exact) mass is 610 g/mol. The van der Waals surface area contributed by atoms with Gasteiger partial charge in [0.1, 0.15) is 18.3 Å². The molecule has 0 spiro atoms. The van der Waals surface area contributed by atoms with E-state index in [1.54, 1.807) is 6.92 Å². The SMILES string of the molecule is CC(=O)O[C@H]1CC[C@@]2(C)[C@@H](CC[C@H]3C4=C[C@@H]5OC(CC[C@@H](C)COC(=O)C(F)(F)F)=C(C)[C@@H]5[C@@]4(C)[C@H](OC(C)=O)C[C@@H]32)C1. The van der Waals surface area contributed by atoms with Gasteiger partial charge in [-0.05, 0) is 92.6 Å². The van der Waals surface area contributed by atoms with Crippen LogP contribution in [-0.4, -0.2) is 49.0 Å². The lowest BCUT2D eigenvalue weighted by molar-refractivity contribution is -0.200. The molecule has 10 atom stereocenters. The van der Waals surface area contributed by atoms with Gasteiger partial charge in [0.25, 0.3) is 0 Å². The number of rotatable bonds is 7. The number of fused-ring (bicyclic) bond motifs is 7. The highest BCUT2D eigenvalue weighted by Crippen LogP contribution is 2.68. The molecule has 0 bridgehead atoms. The quantitative estimate of drug-likeness (QED) is 0.177. The van der Waals surface area contributed by atoms with Gasteiger partial charge in [0, 0.05) is 31.6 Å². The fourth-order valence-electron chi connectivity index (χ4n) is 9.48. The van der Waals surface area contributed by atoms with E-state index in [4.69, 9.17) is 14.2 Å². The number of halogens is 3. The Labute approximate surface area is 251 Å². The van der Waals surface area contributed by atoms with Crippen molar-refractivity contribution in [3.63, 3.8) is 0 Å². The summed E-state index contributed by atoms with van der Waals surface area (Å²) in [4.78, 5) is 35.2. The fraction of sp³-hybridized carbons (Fsp3) is 0.788. The molecule has 5 aliphatic rings. The van der Waals surface area contributed by atoms with E-state index in [0.717, 1.165) is 49.9 Å². The van der Waals surface area contributed by atoms with E-state index in [1.165, 1.54) is 19.4 Å². The second kappa shape index (κ2) is 11.4. The highest BCUT2D eigenvalue weighted by molar-refractivity contribution is 5.75. The van der Waals surface area contributed by atoms with Crippen molar-refractivity contribution in [2.24, 2.45) is 40.4 Å². The van der Waals surface area contributed by atoms with E-state index in [-0.39, 0.29) is 54.1 Å². The summed E-state index contributed by atoms with van der Waals surface area (Å²) in [5.41, 5.74) is 2.06. The molecule has 1 aliphatic heterocycles. The van der Waals surface area contributed by atoms with Crippen LogP contribution >= 0.6 is 0 Å². The van der Waals surface area contributed by atoms with Gasteiger partial charge in [-0.2, -0.15) is 13.2 Å². The average Bonchev–Trinajstić information content (AvgIpc) is 3.39. The maximum absolute atomic E-state index is 12.5. The first-order valence-corrected chi connectivity index (χ1v) is 15.7. The van der Waals surface area contributed by atoms with Gasteiger partial charge in [-0.15, -0.1) is 0 Å². The van der Waals surface area contributed by atoms with Gasteiger partial charge in [0.15, 0.2) is 0 Å². The molecule has 3 fully saturated rings. The van der Waals surface area contributed by atoms with Crippen molar-refractivity contribution < 1.29 is 46.5 Å². The van der Waals surface area contributed by atoms with Crippen LogP contribution in [0.4, 0.5) is 13.2 Å². The average molecular weight is 611 g/mol. The van der Waals surface area contributed by atoms with Gasteiger partial charge in [0.2, 0.25) is 0 Å². The predicted molar refractivity (Wildman–Crippen MR) is 150 cm³/mol. The van der Waals surface area contributed by atoms with Crippen molar-refractivity contribution in [3.8, 4) is 0 Å². The summed E-state index contributed by atoms with van der Waals surface area (Å²) >= 11 is 0. The first kappa shape index (κ1) is 31.9. The second-order valence-corrected chi connectivity index (χ2v) is 14.1. The predicted octanol–water partition coefficient (Wildman–Crippen LogP) is 6.84. The van der Waals surface area contributed by atoms with E-state index in [0.29, 0.717) is 30.6 Å². The summed E-state index contributed by atoms with van der Waals surface area (Å²) in [5.74, 6) is -0.990. The molecule has 3 saturated carbocycles. The molecule has 0 saturated heterocycles. The molecule has 4 aliphatic carbocycles. The van der Waals surface area contributed by atoms with Gasteiger partial charge < -0.3 is 18.9 Å². The molecule has 0 amide bonds. The van der Waals surface area contributed by atoms with Crippen molar-refractivity contribution >= 4 is 17.9 Å². The lowest BCUT2D eigenvalue weighted by Crippen LogP contribution is -2.57. The van der Waals surface area contributed by atoms with Crippen LogP contribution < -0.4 is 0 Å². The maximum atomic E-state index is 12.5. The molecule has 0 N–H and O–H groups in total. The highest BCUT2D eigenvalue weighted by Gasteiger charge is 2.65. The van der Waals surface area contributed by atoms with Crippen LogP contribution in [0.2, 0.25) is 0 Å². The Morgan fingerprint density at radius 1 is 1.07 bits per heavy atom. The molecule has 1 heterocycles. The van der Waals surface area contributed by atoms with Crippen LogP contribution in [0.25, 0.3) is 0 Å². The summed E-state index contributed by atoms with van der Waals surface area (Å²) in [6, 6.07) is 0. The number of alkyl halides is 3. The van der Waals surface area contributed by atoms with Crippen molar-refractivity contribution in [3.05, 3.63) is 23.0 Å². The van der Waals surface area contributed by atoms with Crippen LogP contribution in [0.5, 0.6) is 0 Å². The van der Waals surface area contributed by atoms with Crippen LogP contribution in [0.3, 0.4) is 0 Å². The number of ether oxygens (including phenoxy) is 4. The molecular weight excluding hydrogens is 565 g/mol. The third-order valence-corrected chi connectivity index (χ3v) is 11.5. The zero-order valence-corrected chi connectivity index (χ0v) is 26.1. The van der Waals surface area contributed by atoms with Crippen molar-refractivity contribution in [1.82, 2.24) is 0 Å². The molecule has 0 aromatic carbocycles. The topological polar surface area (TPSA) is 88.1 Å². The molecule has 0 aromatic rings. The van der Waals surface area contributed by atoms with Crippen molar-refractivity contribution in [2.45, 2.75) is 117 Å². The lowest BCUT2D eigenvalue weighted by atomic mass is 9.45. The third-order valence-electron chi connectivity index (χ3n) is 11.5. The second-order valence-electron chi connectivity index (χ2n) is 14.1. The molecule has 0 unspecified atom stereocenters. The molecule has 43 heavy (non-hydrogen) atoms. The normalized spacial score (nSPS) is 38.9. The van der Waals surface area contributed by atoms with Gasteiger partial charge in [-0.25, -0.2) is 4.79 Å². The standard InChI is InChI=1S/C33H45F3O7/c1-17(16-40-30(39)33(34,35)36)7-10-26-18(2)29-27(43-26)14-25-23-9-8-21-13-22(41-19(3)37)11-12-31(21,5)24(23)15-28(32(25,29)6)42-20(4)38/h14,17,21-24,27-29H,7-13,15-16H2,1-6H3/t17-,21+,22+,23-,24+,27+,28-,29+,31+,32-/m1/s1. The fourth-order valence-corrected chi connectivity index (χ4v) is 9.48. The summed E-state index contributed by atoms with van der Waals surface area (Å²) in [6.45, 7) is 11.0. The zero-order chi connectivity index (χ0) is 31.5. The molecule has 5 rings (SSSR count). The molecule has 10 heteroatoms. The van der Waals surface area contributed by atoms with Crippen LogP contribution in [0.15, 0.2) is 23.0 Å². The Hall–Kier alpha value is -2.52. The van der Waals surface area contributed by atoms with Gasteiger partial charge in [0.05, 0.1) is 12.4 Å². The minimum Gasteiger partial charge on any atom is -0.490 e. The van der Waals surface area contributed by atoms with E-state index >= 15 is 0 Å². The van der Waals surface area contributed by atoms with Gasteiger partial charge in [-0.3, -0.25) is 9.59 Å². The number of carbonyl (C=O) groups excluding carboxylic acids is 3. The summed E-state index contributed by atoms with van der Waals surface area (Å²) in [7, 11) is 0. The zero-order valence-electron chi connectivity index (χ0n) is 26.1. The van der Waals surface area contributed by atoms with Crippen molar-refractivity contribution in [1.29, 1.82) is 0 Å². The molecule has 7 nitrogen and oxygen atoms in total. The van der Waals surface area contributed by atoms with E-state index in [2.05, 4.69) is 31.6 Å². The molecular formula is C33H45F3O7. The first-order valence-electron chi connectivity index (χ1n) is 15.7. The smallest absolute Gasteiger partial charge is 0.490 e. The van der Waals surface area contributed by atoms with E-state index in [9.17, 15) is 27.6 Å². The Bertz CT molecular complexity index is 1210. The van der Waals surface area contributed by atoms with Crippen molar-refractivity contribution in [2.75, 3.05) is 6.61 Å². The minimum atomic E-state index is -5.00. The maximum Gasteiger partial charge on any atom is 0.490 e. The first-order chi connectivity index (χ1) is 20.1. The largest absolute Gasteiger partial charge is 0.490 e. The van der Waals surface area contributed by atoms with E-state index < -0.39 is 17.6 Å². The van der Waals surface area contributed by atoms with Crippen LogP contribution in [-0.2, 0) is 33.3 Å². The Morgan fingerprint density at radius 2 is 1.77 bits per heavy atom. The summed E-state index contributed by atoms with van der Waals surface area (Å²) in [5, 5.41) is 0. The Kier molecular flexibility index (Phi) is 8.49. The molecule has 240 valence electrons. The van der Waals surface area contributed by atoms with Crippen LogP contribution in [0, 0.1) is 40.4 Å². The minimum absolute atomic E-state index is 0.00592. The summed E-state index contributed by atoms with van der Waals surface area (Å²) in [6.07, 6.45) is 3.35.